The molecule has 1 atom stereocenters. The fourth-order valence-electron chi connectivity index (χ4n) is 3.55. The number of aliphatic imine (C=N–C) groups is 1. The summed E-state index contributed by atoms with van der Waals surface area (Å²) in [5.41, 5.74) is 2.33. The maximum Gasteiger partial charge on any atom is 0.191 e. The molecule has 1 aliphatic rings. The number of methoxy groups -OCH3 is 1. The quantitative estimate of drug-likeness (QED) is 0.365. The minimum Gasteiger partial charge on any atom is -0.493 e. The van der Waals surface area contributed by atoms with Gasteiger partial charge in [-0.05, 0) is 43.9 Å². The summed E-state index contributed by atoms with van der Waals surface area (Å²) in [7, 11) is 3.53. The number of aryl methyl sites for hydroxylation is 1. The van der Waals surface area contributed by atoms with E-state index in [0.717, 1.165) is 42.7 Å². The number of likely N-dealkylation sites (tertiary alicyclic amines) is 1. The first-order valence-electron chi connectivity index (χ1n) is 10.5. The predicted molar refractivity (Wildman–Crippen MR) is 116 cm³/mol. The first-order chi connectivity index (χ1) is 13.6. The second-order valence-electron chi connectivity index (χ2n) is 7.71. The van der Waals surface area contributed by atoms with Gasteiger partial charge >= 0.3 is 0 Å². The minimum absolute atomic E-state index is 0.658. The molecule has 6 nitrogen and oxygen atoms in total. The van der Waals surface area contributed by atoms with Gasteiger partial charge in [0.1, 0.15) is 5.75 Å². The van der Waals surface area contributed by atoms with Gasteiger partial charge in [0, 0.05) is 58.9 Å². The molecule has 0 radical (unpaired) electrons. The zero-order valence-electron chi connectivity index (χ0n) is 18.1. The van der Waals surface area contributed by atoms with Gasteiger partial charge in [-0.1, -0.05) is 19.1 Å². The predicted octanol–water partition coefficient (Wildman–Crippen LogP) is 2.81. The van der Waals surface area contributed by atoms with Crippen molar-refractivity contribution in [2.45, 2.75) is 39.7 Å². The maximum absolute atomic E-state index is 5.97. The van der Waals surface area contributed by atoms with Crippen LogP contribution in [0.4, 0.5) is 0 Å². The largest absolute Gasteiger partial charge is 0.493 e. The summed E-state index contributed by atoms with van der Waals surface area (Å²) in [6.07, 6.45) is 3.56. The molecule has 0 bridgehead atoms. The normalized spacial score (nSPS) is 18.1. The van der Waals surface area contributed by atoms with E-state index in [4.69, 9.17) is 9.47 Å². The average molecular weight is 391 g/mol. The number of rotatable bonds is 10. The van der Waals surface area contributed by atoms with Crippen molar-refractivity contribution >= 4 is 5.96 Å². The molecule has 1 fully saturated rings. The number of benzene rings is 1. The molecule has 28 heavy (non-hydrogen) atoms. The molecule has 1 aliphatic heterocycles. The van der Waals surface area contributed by atoms with Gasteiger partial charge in [-0.2, -0.15) is 0 Å². The Hall–Kier alpha value is -1.79. The van der Waals surface area contributed by atoms with E-state index < -0.39 is 0 Å². The third kappa shape index (κ3) is 8.07. The van der Waals surface area contributed by atoms with Crippen molar-refractivity contribution < 1.29 is 9.47 Å². The lowest BCUT2D eigenvalue weighted by Crippen LogP contribution is -2.43. The summed E-state index contributed by atoms with van der Waals surface area (Å²) < 4.78 is 11.1. The second-order valence-corrected chi connectivity index (χ2v) is 7.71. The second kappa shape index (κ2) is 12.6. The fourth-order valence-corrected chi connectivity index (χ4v) is 3.55. The average Bonchev–Trinajstić information content (AvgIpc) is 2.69. The molecule has 1 aromatic carbocycles. The molecular weight excluding hydrogens is 352 g/mol. The Morgan fingerprint density at radius 2 is 2.14 bits per heavy atom. The molecule has 1 saturated heterocycles. The van der Waals surface area contributed by atoms with E-state index in [0.29, 0.717) is 19.8 Å². The highest BCUT2D eigenvalue weighted by Crippen LogP contribution is 2.20. The molecule has 6 heteroatoms. The highest BCUT2D eigenvalue weighted by atomic mass is 16.5. The lowest BCUT2D eigenvalue weighted by molar-refractivity contribution is 0.171. The summed E-state index contributed by atoms with van der Waals surface area (Å²) >= 11 is 0. The van der Waals surface area contributed by atoms with Crippen LogP contribution in [-0.4, -0.2) is 64.4 Å². The Morgan fingerprint density at radius 1 is 1.29 bits per heavy atom. The number of guanidine groups is 1. The van der Waals surface area contributed by atoms with Crippen LogP contribution in [-0.2, 0) is 11.3 Å². The summed E-state index contributed by atoms with van der Waals surface area (Å²) in [5, 5.41) is 6.84. The van der Waals surface area contributed by atoms with Gasteiger partial charge in [0.15, 0.2) is 5.96 Å². The van der Waals surface area contributed by atoms with Crippen molar-refractivity contribution in [1.29, 1.82) is 0 Å². The van der Waals surface area contributed by atoms with Crippen molar-refractivity contribution in [3.05, 3.63) is 29.3 Å². The van der Waals surface area contributed by atoms with E-state index in [2.05, 4.69) is 52.6 Å². The molecule has 1 aromatic rings. The van der Waals surface area contributed by atoms with Crippen LogP contribution in [0.2, 0.25) is 0 Å². The molecule has 2 N–H and O–H groups in total. The van der Waals surface area contributed by atoms with Gasteiger partial charge < -0.3 is 25.0 Å². The van der Waals surface area contributed by atoms with Crippen LogP contribution in [0.15, 0.2) is 23.2 Å². The first-order valence-corrected chi connectivity index (χ1v) is 10.5. The van der Waals surface area contributed by atoms with E-state index in [1.807, 2.05) is 7.05 Å². The monoisotopic (exact) mass is 390 g/mol. The Morgan fingerprint density at radius 3 is 2.89 bits per heavy atom. The molecule has 0 spiro atoms. The summed E-state index contributed by atoms with van der Waals surface area (Å²) in [5.74, 6) is 2.58. The Labute approximate surface area is 170 Å². The zero-order valence-corrected chi connectivity index (χ0v) is 18.1. The SMILES string of the molecule is CN=C(NCCN1CCCC(C)C1)NCc1ccc(C)cc1OCCCOC. The topological polar surface area (TPSA) is 58.1 Å². The Balaban J connectivity index is 1.78. The Bertz CT molecular complexity index is 606. The van der Waals surface area contributed by atoms with E-state index in [-0.39, 0.29) is 0 Å². The lowest BCUT2D eigenvalue weighted by atomic mass is 10.0. The standard InChI is InChI=1S/C22H38N4O2/c1-18-8-9-20(21(15-18)28-14-6-13-27-4)16-25-22(23-3)24-10-12-26-11-5-7-19(2)17-26/h8-9,15,19H,5-7,10-14,16-17H2,1-4H3,(H2,23,24,25). The minimum atomic E-state index is 0.658. The van der Waals surface area contributed by atoms with E-state index in [1.165, 1.54) is 31.5 Å². The number of hydrogen-bond donors (Lipinski definition) is 2. The number of hydrogen-bond acceptors (Lipinski definition) is 4. The highest BCUT2D eigenvalue weighted by molar-refractivity contribution is 5.79. The molecular formula is C22H38N4O2. The van der Waals surface area contributed by atoms with Gasteiger partial charge in [0.25, 0.3) is 0 Å². The zero-order chi connectivity index (χ0) is 20.2. The van der Waals surface area contributed by atoms with Gasteiger partial charge in [0.05, 0.1) is 6.61 Å². The molecule has 158 valence electrons. The van der Waals surface area contributed by atoms with Crippen molar-refractivity contribution in [1.82, 2.24) is 15.5 Å². The van der Waals surface area contributed by atoms with Crippen molar-refractivity contribution in [3.63, 3.8) is 0 Å². The third-order valence-electron chi connectivity index (χ3n) is 5.10. The number of piperidine rings is 1. The summed E-state index contributed by atoms with van der Waals surface area (Å²) in [4.78, 5) is 6.90. The summed E-state index contributed by atoms with van der Waals surface area (Å²) in [6, 6.07) is 6.33. The van der Waals surface area contributed by atoms with E-state index >= 15 is 0 Å². The van der Waals surface area contributed by atoms with Gasteiger partial charge in [0.2, 0.25) is 0 Å². The van der Waals surface area contributed by atoms with Crippen LogP contribution in [0.25, 0.3) is 0 Å². The van der Waals surface area contributed by atoms with Gasteiger partial charge in [-0.15, -0.1) is 0 Å². The van der Waals surface area contributed by atoms with Crippen molar-refractivity contribution in [2.24, 2.45) is 10.9 Å². The number of nitrogens with one attached hydrogen (secondary N) is 2. The van der Waals surface area contributed by atoms with Crippen LogP contribution in [0.5, 0.6) is 5.75 Å². The molecule has 0 aromatic heterocycles. The Kier molecular flexibility index (Phi) is 10.1. The van der Waals surface area contributed by atoms with Crippen molar-refractivity contribution in [2.75, 3.05) is 53.6 Å². The van der Waals surface area contributed by atoms with Gasteiger partial charge in [-0.3, -0.25) is 4.99 Å². The van der Waals surface area contributed by atoms with Crippen LogP contribution in [0.3, 0.4) is 0 Å². The third-order valence-corrected chi connectivity index (χ3v) is 5.10. The number of ether oxygens (including phenoxy) is 2. The molecule has 2 rings (SSSR count). The first kappa shape index (κ1) is 22.5. The maximum atomic E-state index is 5.97. The molecule has 1 heterocycles. The van der Waals surface area contributed by atoms with Crippen LogP contribution in [0, 0.1) is 12.8 Å². The lowest BCUT2D eigenvalue weighted by Gasteiger charge is -2.30. The van der Waals surface area contributed by atoms with Gasteiger partial charge in [-0.25, -0.2) is 0 Å². The van der Waals surface area contributed by atoms with Crippen LogP contribution < -0.4 is 15.4 Å². The van der Waals surface area contributed by atoms with Crippen molar-refractivity contribution in [3.8, 4) is 5.75 Å². The molecule has 0 aliphatic carbocycles. The molecule has 0 amide bonds. The van der Waals surface area contributed by atoms with E-state index in [9.17, 15) is 0 Å². The van der Waals surface area contributed by atoms with Crippen LogP contribution in [0.1, 0.15) is 37.3 Å². The van der Waals surface area contributed by atoms with E-state index in [1.54, 1.807) is 7.11 Å². The summed E-state index contributed by atoms with van der Waals surface area (Å²) in [6.45, 7) is 10.9. The molecule has 0 saturated carbocycles. The molecule has 1 unspecified atom stereocenters. The number of nitrogens with zero attached hydrogens (tertiary/aromatic N) is 2. The van der Waals surface area contributed by atoms with Crippen LogP contribution >= 0.6 is 0 Å². The fraction of sp³-hybridized carbons (Fsp3) is 0.682. The smallest absolute Gasteiger partial charge is 0.191 e. The highest BCUT2D eigenvalue weighted by Gasteiger charge is 2.15.